The number of hydrogen-bond acceptors (Lipinski definition) is 6. The van der Waals surface area contributed by atoms with Crippen LogP contribution in [-0.2, 0) is 6.54 Å². The van der Waals surface area contributed by atoms with E-state index < -0.39 is 23.2 Å². The van der Waals surface area contributed by atoms with Gasteiger partial charge in [0, 0.05) is 6.54 Å². The molecule has 6 rings (SSSR count). The van der Waals surface area contributed by atoms with E-state index in [4.69, 9.17) is 13.9 Å². The van der Waals surface area contributed by atoms with Crippen molar-refractivity contribution in [2.45, 2.75) is 12.6 Å². The van der Waals surface area contributed by atoms with Crippen molar-refractivity contribution in [2.24, 2.45) is 0 Å². The van der Waals surface area contributed by atoms with Gasteiger partial charge in [-0.25, -0.2) is 4.39 Å². The first-order valence-corrected chi connectivity index (χ1v) is 10.2. The quantitative estimate of drug-likeness (QED) is 0.511. The number of phenolic OH excluding ortho intramolecular Hbond substituents is 1. The molecule has 33 heavy (non-hydrogen) atoms. The van der Waals surface area contributed by atoms with Crippen molar-refractivity contribution in [2.75, 3.05) is 6.79 Å². The lowest BCUT2D eigenvalue weighted by molar-refractivity contribution is 0.0714. The minimum absolute atomic E-state index is 0.00681. The molecule has 4 aromatic rings. The number of aromatic hydroxyl groups is 1. The lowest BCUT2D eigenvalue weighted by Crippen LogP contribution is -2.29. The van der Waals surface area contributed by atoms with Gasteiger partial charge in [-0.05, 0) is 53.6 Å². The van der Waals surface area contributed by atoms with Crippen LogP contribution in [0.5, 0.6) is 17.2 Å². The molecule has 8 heteroatoms. The Morgan fingerprint density at radius 3 is 2.70 bits per heavy atom. The molecule has 2 aliphatic heterocycles. The van der Waals surface area contributed by atoms with Crippen LogP contribution >= 0.6 is 0 Å². The first-order valence-electron chi connectivity index (χ1n) is 10.2. The highest BCUT2D eigenvalue weighted by Crippen LogP contribution is 2.41. The summed E-state index contributed by atoms with van der Waals surface area (Å²) >= 11 is 0. The van der Waals surface area contributed by atoms with E-state index in [-0.39, 0.29) is 41.4 Å². The van der Waals surface area contributed by atoms with E-state index in [2.05, 4.69) is 0 Å². The van der Waals surface area contributed by atoms with Crippen LogP contribution in [0.1, 0.15) is 33.3 Å². The molecule has 1 atom stereocenters. The summed E-state index contributed by atoms with van der Waals surface area (Å²) in [5.41, 5.74) is 1.05. The van der Waals surface area contributed by atoms with Crippen molar-refractivity contribution >= 4 is 16.9 Å². The number of fused-ring (bicyclic) bond motifs is 3. The Morgan fingerprint density at radius 1 is 1.00 bits per heavy atom. The fourth-order valence-electron chi connectivity index (χ4n) is 4.43. The van der Waals surface area contributed by atoms with Gasteiger partial charge in [0.1, 0.15) is 17.1 Å². The lowest BCUT2D eigenvalue weighted by Gasteiger charge is -2.25. The predicted octanol–water partition coefficient (Wildman–Crippen LogP) is 4.11. The van der Waals surface area contributed by atoms with E-state index >= 15 is 0 Å². The van der Waals surface area contributed by atoms with Crippen molar-refractivity contribution in [3.8, 4) is 17.2 Å². The van der Waals surface area contributed by atoms with Gasteiger partial charge in [-0.1, -0.05) is 18.2 Å². The summed E-state index contributed by atoms with van der Waals surface area (Å²) in [6, 6.07) is 14.5. The minimum Gasteiger partial charge on any atom is -0.508 e. The summed E-state index contributed by atoms with van der Waals surface area (Å²) in [4.78, 5) is 28.4. The number of amides is 1. The maximum Gasteiger partial charge on any atom is 0.291 e. The third-order valence-corrected chi connectivity index (χ3v) is 5.90. The van der Waals surface area contributed by atoms with Gasteiger partial charge in [-0.3, -0.25) is 9.59 Å². The standard InChI is InChI=1S/C25H16FNO6/c26-15-5-7-18-17(10-15)23(29)21-22(14-2-1-3-16(28)9-14)27(25(30)24(21)33-18)11-13-4-6-19-20(8-13)32-12-31-19/h1-10,22,28H,11-12H2/t22-/m0/s1. The molecule has 0 unspecified atom stereocenters. The van der Waals surface area contributed by atoms with E-state index in [1.54, 1.807) is 24.3 Å². The fourth-order valence-corrected chi connectivity index (χ4v) is 4.43. The molecule has 0 saturated heterocycles. The Labute approximate surface area is 186 Å². The van der Waals surface area contributed by atoms with Crippen LogP contribution in [0.15, 0.2) is 69.9 Å². The first-order chi connectivity index (χ1) is 16.0. The predicted molar refractivity (Wildman–Crippen MR) is 115 cm³/mol. The first kappa shape index (κ1) is 19.4. The molecule has 1 amide bonds. The molecule has 1 N–H and O–H groups in total. The van der Waals surface area contributed by atoms with Gasteiger partial charge < -0.3 is 23.9 Å². The zero-order valence-corrected chi connectivity index (χ0v) is 17.1. The molecule has 3 aromatic carbocycles. The smallest absolute Gasteiger partial charge is 0.291 e. The van der Waals surface area contributed by atoms with Crippen molar-refractivity contribution in [1.29, 1.82) is 0 Å². The van der Waals surface area contributed by atoms with Crippen LogP contribution in [0.2, 0.25) is 0 Å². The van der Waals surface area contributed by atoms with Crippen LogP contribution in [0, 0.1) is 5.82 Å². The number of phenols is 1. The molecule has 3 heterocycles. The number of benzene rings is 3. The molecular weight excluding hydrogens is 429 g/mol. The van der Waals surface area contributed by atoms with Gasteiger partial charge in [0.15, 0.2) is 16.9 Å². The van der Waals surface area contributed by atoms with Gasteiger partial charge in [-0.2, -0.15) is 0 Å². The molecule has 0 saturated carbocycles. The summed E-state index contributed by atoms with van der Waals surface area (Å²) in [5, 5.41) is 10.1. The van der Waals surface area contributed by atoms with Crippen molar-refractivity contribution < 1.29 is 28.2 Å². The maximum atomic E-state index is 13.9. The monoisotopic (exact) mass is 445 g/mol. The van der Waals surface area contributed by atoms with E-state index in [1.165, 1.54) is 29.2 Å². The number of carbonyl (C=O) groups excluding carboxylic acids is 1. The Balaban J connectivity index is 1.53. The SMILES string of the molecule is O=C1c2oc3ccc(F)cc3c(=O)c2[C@H](c2cccc(O)c2)N1Cc1ccc2c(c1)OCO2. The summed E-state index contributed by atoms with van der Waals surface area (Å²) in [6.45, 7) is 0.268. The zero-order chi connectivity index (χ0) is 22.7. The van der Waals surface area contributed by atoms with Crippen molar-refractivity contribution in [3.05, 3.63) is 99.2 Å². The molecule has 0 aliphatic carbocycles. The van der Waals surface area contributed by atoms with E-state index in [0.717, 1.165) is 11.6 Å². The van der Waals surface area contributed by atoms with Crippen LogP contribution in [0.25, 0.3) is 11.0 Å². The largest absolute Gasteiger partial charge is 0.508 e. The number of carbonyl (C=O) groups is 1. The second-order valence-corrected chi connectivity index (χ2v) is 7.93. The molecular formula is C25H16FNO6. The Bertz CT molecular complexity index is 1510. The third kappa shape index (κ3) is 3.02. The Hall–Kier alpha value is -4.33. The molecule has 2 aliphatic rings. The topological polar surface area (TPSA) is 89.2 Å². The molecule has 0 bridgehead atoms. The van der Waals surface area contributed by atoms with Gasteiger partial charge in [0.2, 0.25) is 12.6 Å². The average molecular weight is 445 g/mol. The number of hydrogen-bond donors (Lipinski definition) is 1. The van der Waals surface area contributed by atoms with Gasteiger partial charge >= 0.3 is 0 Å². The molecule has 0 radical (unpaired) electrons. The number of rotatable bonds is 3. The summed E-state index contributed by atoms with van der Waals surface area (Å²) in [7, 11) is 0. The van der Waals surface area contributed by atoms with Crippen LogP contribution in [0.4, 0.5) is 4.39 Å². The lowest BCUT2D eigenvalue weighted by atomic mass is 9.98. The van der Waals surface area contributed by atoms with Crippen LogP contribution in [0.3, 0.4) is 0 Å². The maximum absolute atomic E-state index is 13.9. The molecule has 0 spiro atoms. The minimum atomic E-state index is -0.825. The molecule has 164 valence electrons. The fraction of sp³-hybridized carbons (Fsp3) is 0.120. The summed E-state index contributed by atoms with van der Waals surface area (Å²) < 4.78 is 30.5. The van der Waals surface area contributed by atoms with E-state index in [9.17, 15) is 19.1 Å². The van der Waals surface area contributed by atoms with Gasteiger partial charge in [0.25, 0.3) is 5.91 Å². The second-order valence-electron chi connectivity index (χ2n) is 7.93. The summed E-state index contributed by atoms with van der Waals surface area (Å²) in [5.74, 6) is 0.0378. The Kier molecular flexibility index (Phi) is 4.16. The van der Waals surface area contributed by atoms with Gasteiger partial charge in [0.05, 0.1) is 17.0 Å². The molecule has 0 fully saturated rings. The van der Waals surface area contributed by atoms with Gasteiger partial charge in [-0.15, -0.1) is 0 Å². The average Bonchev–Trinajstić information content (AvgIpc) is 3.37. The van der Waals surface area contributed by atoms with Crippen LogP contribution < -0.4 is 14.9 Å². The molecule has 1 aromatic heterocycles. The second kappa shape index (κ2) is 7.09. The van der Waals surface area contributed by atoms with Crippen LogP contribution in [-0.4, -0.2) is 22.7 Å². The number of halogens is 1. The highest BCUT2D eigenvalue weighted by Gasteiger charge is 2.43. The number of ether oxygens (including phenoxy) is 2. The Morgan fingerprint density at radius 2 is 1.85 bits per heavy atom. The van der Waals surface area contributed by atoms with Crippen molar-refractivity contribution in [3.63, 3.8) is 0 Å². The van der Waals surface area contributed by atoms with E-state index in [0.29, 0.717) is 17.1 Å². The molecule has 7 nitrogen and oxygen atoms in total. The third-order valence-electron chi connectivity index (χ3n) is 5.90. The normalized spacial score (nSPS) is 16.5. The summed E-state index contributed by atoms with van der Waals surface area (Å²) in [6.07, 6.45) is 0. The van der Waals surface area contributed by atoms with Crippen molar-refractivity contribution in [1.82, 2.24) is 4.90 Å². The zero-order valence-electron chi connectivity index (χ0n) is 17.1. The number of nitrogens with zero attached hydrogens (tertiary/aromatic N) is 1. The van der Waals surface area contributed by atoms with E-state index in [1.807, 2.05) is 6.07 Å². The highest BCUT2D eigenvalue weighted by molar-refractivity contribution is 5.99. The highest BCUT2D eigenvalue weighted by atomic mass is 19.1.